The minimum atomic E-state index is -0.191. The standard InChI is InChI=1S/C16H19N3O2S/c1-21-13-5-3-2-4-12(13)15(20)19-16-18-10-14(22-16)11-6-8-17-9-7-11/h2-5,10-11,17H,6-9H2,1H3,(H,18,19,20). The van der Waals surface area contributed by atoms with E-state index in [0.29, 0.717) is 22.4 Å². The molecule has 1 aromatic heterocycles. The molecule has 1 aliphatic rings. The number of hydrogen-bond donors (Lipinski definition) is 2. The van der Waals surface area contributed by atoms with Crippen LogP contribution in [0, 0.1) is 0 Å². The predicted octanol–water partition coefficient (Wildman–Crippen LogP) is 2.87. The lowest BCUT2D eigenvalue weighted by atomic mass is 9.97. The summed E-state index contributed by atoms with van der Waals surface area (Å²) in [6.07, 6.45) is 4.14. The maximum Gasteiger partial charge on any atom is 0.261 e. The number of carbonyl (C=O) groups excluding carboxylic acids is 1. The summed E-state index contributed by atoms with van der Waals surface area (Å²) in [5.74, 6) is 0.925. The first kappa shape index (κ1) is 15.0. The zero-order valence-corrected chi connectivity index (χ0v) is 13.3. The molecule has 6 heteroatoms. The molecule has 2 heterocycles. The maximum absolute atomic E-state index is 12.3. The number of rotatable bonds is 4. The van der Waals surface area contributed by atoms with Gasteiger partial charge in [-0.05, 0) is 44.0 Å². The molecule has 3 rings (SSSR count). The minimum absolute atomic E-state index is 0.191. The van der Waals surface area contributed by atoms with Crippen molar-refractivity contribution in [3.63, 3.8) is 0 Å². The third-order valence-electron chi connectivity index (χ3n) is 3.84. The molecule has 1 aromatic carbocycles. The first-order valence-electron chi connectivity index (χ1n) is 7.38. The number of para-hydroxylation sites is 1. The summed E-state index contributed by atoms with van der Waals surface area (Å²) in [4.78, 5) is 17.9. The van der Waals surface area contributed by atoms with Crippen LogP contribution >= 0.6 is 11.3 Å². The van der Waals surface area contributed by atoms with Crippen LogP contribution in [0.15, 0.2) is 30.5 Å². The zero-order chi connectivity index (χ0) is 15.4. The molecule has 2 N–H and O–H groups in total. The number of benzene rings is 1. The highest BCUT2D eigenvalue weighted by atomic mass is 32.1. The van der Waals surface area contributed by atoms with Gasteiger partial charge in [-0.25, -0.2) is 4.98 Å². The Morgan fingerprint density at radius 2 is 2.14 bits per heavy atom. The summed E-state index contributed by atoms with van der Waals surface area (Å²) in [6.45, 7) is 2.09. The molecule has 0 saturated carbocycles. The average Bonchev–Trinajstić information content (AvgIpc) is 3.04. The third-order valence-corrected chi connectivity index (χ3v) is 4.91. The number of thiazole rings is 1. The second-order valence-electron chi connectivity index (χ2n) is 5.25. The van der Waals surface area contributed by atoms with Crippen molar-refractivity contribution in [2.24, 2.45) is 0 Å². The molecule has 0 radical (unpaired) electrons. The van der Waals surface area contributed by atoms with Gasteiger partial charge in [0.1, 0.15) is 5.75 Å². The van der Waals surface area contributed by atoms with Crippen molar-refractivity contribution >= 4 is 22.4 Å². The molecule has 2 aromatic rings. The van der Waals surface area contributed by atoms with E-state index in [9.17, 15) is 4.79 Å². The SMILES string of the molecule is COc1ccccc1C(=O)Nc1ncc(C2CCNCC2)s1. The second kappa shape index (κ2) is 6.89. The molecule has 0 spiro atoms. The van der Waals surface area contributed by atoms with Crippen LogP contribution in [-0.2, 0) is 0 Å². The van der Waals surface area contributed by atoms with Gasteiger partial charge in [0.25, 0.3) is 5.91 Å². The molecule has 1 saturated heterocycles. The van der Waals surface area contributed by atoms with E-state index in [1.54, 1.807) is 30.6 Å². The van der Waals surface area contributed by atoms with Crippen LogP contribution in [0.4, 0.5) is 5.13 Å². The van der Waals surface area contributed by atoms with Gasteiger partial charge < -0.3 is 10.1 Å². The summed E-state index contributed by atoms with van der Waals surface area (Å²) in [6, 6.07) is 7.18. The fraction of sp³-hybridized carbons (Fsp3) is 0.375. The molecule has 5 nitrogen and oxygen atoms in total. The Morgan fingerprint density at radius 1 is 1.36 bits per heavy atom. The number of hydrogen-bond acceptors (Lipinski definition) is 5. The van der Waals surface area contributed by atoms with E-state index >= 15 is 0 Å². The van der Waals surface area contributed by atoms with Crippen LogP contribution in [0.1, 0.15) is 34.0 Å². The molecule has 0 atom stereocenters. The van der Waals surface area contributed by atoms with Gasteiger partial charge in [-0.3, -0.25) is 10.1 Å². The van der Waals surface area contributed by atoms with Gasteiger partial charge in [-0.2, -0.15) is 0 Å². The largest absolute Gasteiger partial charge is 0.496 e. The first-order chi connectivity index (χ1) is 10.8. The van der Waals surface area contributed by atoms with Crippen LogP contribution < -0.4 is 15.4 Å². The van der Waals surface area contributed by atoms with Crippen LogP contribution in [0.5, 0.6) is 5.75 Å². The number of amides is 1. The van der Waals surface area contributed by atoms with E-state index in [4.69, 9.17) is 4.74 Å². The number of carbonyl (C=O) groups is 1. The van der Waals surface area contributed by atoms with Crippen LogP contribution in [-0.4, -0.2) is 31.1 Å². The number of piperidine rings is 1. The third kappa shape index (κ3) is 3.28. The molecule has 22 heavy (non-hydrogen) atoms. The Balaban J connectivity index is 1.70. The molecule has 0 aliphatic carbocycles. The van der Waals surface area contributed by atoms with Gasteiger partial charge >= 0.3 is 0 Å². The lowest BCUT2D eigenvalue weighted by molar-refractivity contribution is 0.102. The fourth-order valence-electron chi connectivity index (χ4n) is 2.64. The highest BCUT2D eigenvalue weighted by Crippen LogP contribution is 2.32. The summed E-state index contributed by atoms with van der Waals surface area (Å²) in [5.41, 5.74) is 0.517. The highest BCUT2D eigenvalue weighted by Gasteiger charge is 2.19. The van der Waals surface area contributed by atoms with Crippen molar-refractivity contribution in [2.45, 2.75) is 18.8 Å². The van der Waals surface area contributed by atoms with Crippen molar-refractivity contribution < 1.29 is 9.53 Å². The van der Waals surface area contributed by atoms with Crippen molar-refractivity contribution in [3.8, 4) is 5.75 Å². The van der Waals surface area contributed by atoms with Gasteiger partial charge in [0.15, 0.2) is 5.13 Å². The van der Waals surface area contributed by atoms with E-state index < -0.39 is 0 Å². The van der Waals surface area contributed by atoms with E-state index in [2.05, 4.69) is 15.6 Å². The molecule has 1 amide bonds. The topological polar surface area (TPSA) is 63.2 Å². The average molecular weight is 317 g/mol. The Hall–Kier alpha value is -1.92. The molecular formula is C16H19N3O2S. The Morgan fingerprint density at radius 3 is 2.91 bits per heavy atom. The van der Waals surface area contributed by atoms with Gasteiger partial charge in [-0.1, -0.05) is 12.1 Å². The summed E-state index contributed by atoms with van der Waals surface area (Å²) in [7, 11) is 1.56. The monoisotopic (exact) mass is 317 g/mol. The van der Waals surface area contributed by atoms with Crippen molar-refractivity contribution in [3.05, 3.63) is 40.9 Å². The normalized spacial score (nSPS) is 15.5. The van der Waals surface area contributed by atoms with Gasteiger partial charge in [0, 0.05) is 11.1 Å². The van der Waals surface area contributed by atoms with E-state index in [1.165, 1.54) is 4.88 Å². The molecule has 0 bridgehead atoms. The molecule has 116 valence electrons. The number of nitrogens with one attached hydrogen (secondary N) is 2. The number of aromatic nitrogens is 1. The van der Waals surface area contributed by atoms with Crippen molar-refractivity contribution in [1.82, 2.24) is 10.3 Å². The summed E-state index contributed by atoms with van der Waals surface area (Å²) >= 11 is 1.56. The van der Waals surface area contributed by atoms with Gasteiger partial charge in [-0.15, -0.1) is 11.3 Å². The van der Waals surface area contributed by atoms with Crippen LogP contribution in [0.25, 0.3) is 0 Å². The van der Waals surface area contributed by atoms with Gasteiger partial charge in [0.2, 0.25) is 0 Å². The number of methoxy groups -OCH3 is 1. The smallest absolute Gasteiger partial charge is 0.261 e. The Labute approximate surface area is 133 Å². The quantitative estimate of drug-likeness (QED) is 0.910. The van der Waals surface area contributed by atoms with Gasteiger partial charge in [0.05, 0.1) is 12.7 Å². The maximum atomic E-state index is 12.3. The number of ether oxygens (including phenoxy) is 1. The second-order valence-corrected chi connectivity index (χ2v) is 6.31. The lowest BCUT2D eigenvalue weighted by Gasteiger charge is -2.20. The minimum Gasteiger partial charge on any atom is -0.496 e. The summed E-state index contributed by atoms with van der Waals surface area (Å²) in [5, 5.41) is 6.87. The number of anilines is 1. The van der Waals surface area contributed by atoms with E-state index in [0.717, 1.165) is 25.9 Å². The Kier molecular flexibility index (Phi) is 4.70. The van der Waals surface area contributed by atoms with Crippen molar-refractivity contribution in [2.75, 3.05) is 25.5 Å². The van der Waals surface area contributed by atoms with E-state index in [1.807, 2.05) is 18.3 Å². The fourth-order valence-corrected chi connectivity index (χ4v) is 3.62. The summed E-state index contributed by atoms with van der Waals surface area (Å²) < 4.78 is 5.22. The van der Waals surface area contributed by atoms with E-state index in [-0.39, 0.29) is 5.91 Å². The van der Waals surface area contributed by atoms with Crippen LogP contribution in [0.2, 0.25) is 0 Å². The zero-order valence-electron chi connectivity index (χ0n) is 12.5. The first-order valence-corrected chi connectivity index (χ1v) is 8.20. The molecule has 1 aliphatic heterocycles. The highest BCUT2D eigenvalue weighted by molar-refractivity contribution is 7.15. The predicted molar refractivity (Wildman–Crippen MR) is 87.9 cm³/mol. The molecule has 0 unspecified atom stereocenters. The van der Waals surface area contributed by atoms with Crippen LogP contribution in [0.3, 0.4) is 0 Å². The lowest BCUT2D eigenvalue weighted by Crippen LogP contribution is -2.26. The molecular weight excluding hydrogens is 298 g/mol. The molecule has 1 fully saturated rings. The Bertz CT molecular complexity index is 650. The number of nitrogens with zero attached hydrogens (tertiary/aromatic N) is 1. The van der Waals surface area contributed by atoms with Crippen molar-refractivity contribution in [1.29, 1.82) is 0 Å².